The van der Waals surface area contributed by atoms with Gasteiger partial charge in [0.2, 0.25) is 0 Å². The van der Waals surface area contributed by atoms with Crippen LogP contribution in [0, 0.1) is 0 Å². The molecular formula is C21H30N2O2. The van der Waals surface area contributed by atoms with Gasteiger partial charge in [-0.25, -0.2) is 0 Å². The third kappa shape index (κ3) is 4.26. The van der Waals surface area contributed by atoms with Gasteiger partial charge in [0.15, 0.2) is 0 Å². The van der Waals surface area contributed by atoms with Gasteiger partial charge >= 0.3 is 0 Å². The molecular weight excluding hydrogens is 312 g/mol. The van der Waals surface area contributed by atoms with Gasteiger partial charge in [0.1, 0.15) is 11.5 Å². The molecule has 0 saturated carbocycles. The molecule has 1 unspecified atom stereocenters. The van der Waals surface area contributed by atoms with Crippen LogP contribution in [0.15, 0.2) is 36.4 Å². The van der Waals surface area contributed by atoms with Gasteiger partial charge in [-0.1, -0.05) is 31.5 Å². The first-order valence-corrected chi connectivity index (χ1v) is 9.19. The maximum atomic E-state index is 10.6. The number of rotatable bonds is 9. The third-order valence-corrected chi connectivity index (χ3v) is 4.38. The summed E-state index contributed by atoms with van der Waals surface area (Å²) in [6.07, 6.45) is 1.96. The smallest absolute Gasteiger partial charge is 0.127 e. The van der Waals surface area contributed by atoms with Crippen molar-refractivity contribution in [3.05, 3.63) is 42.0 Å². The summed E-state index contributed by atoms with van der Waals surface area (Å²) in [5, 5.41) is 14.0. The molecule has 0 bridgehead atoms. The number of benzene rings is 2. The molecule has 2 aromatic carbocycles. The van der Waals surface area contributed by atoms with Crippen molar-refractivity contribution in [2.45, 2.75) is 39.5 Å². The molecule has 0 fully saturated rings. The van der Waals surface area contributed by atoms with E-state index in [-0.39, 0.29) is 5.92 Å². The number of ether oxygens (including phenoxy) is 1. The Morgan fingerprint density at radius 1 is 1.08 bits per heavy atom. The number of nitrogens with one attached hydrogen (secondary N) is 1. The minimum atomic E-state index is 0.123. The lowest BCUT2D eigenvalue weighted by Gasteiger charge is -2.24. The molecule has 0 heterocycles. The highest BCUT2D eigenvalue weighted by Crippen LogP contribution is 2.43. The predicted octanol–water partition coefficient (Wildman–Crippen LogP) is 4.73. The van der Waals surface area contributed by atoms with Crippen molar-refractivity contribution in [3.8, 4) is 22.6 Å². The molecule has 4 heteroatoms. The Labute approximate surface area is 151 Å². The zero-order valence-corrected chi connectivity index (χ0v) is 15.5. The molecule has 25 heavy (non-hydrogen) atoms. The van der Waals surface area contributed by atoms with E-state index in [0.717, 1.165) is 47.5 Å². The fourth-order valence-electron chi connectivity index (χ4n) is 3.31. The molecule has 2 rings (SSSR count). The van der Waals surface area contributed by atoms with Crippen LogP contribution < -0.4 is 15.8 Å². The summed E-state index contributed by atoms with van der Waals surface area (Å²) in [7, 11) is 0. The molecule has 0 amide bonds. The summed E-state index contributed by atoms with van der Waals surface area (Å²) >= 11 is 0. The molecule has 136 valence electrons. The Morgan fingerprint density at radius 2 is 1.84 bits per heavy atom. The SMILES string of the molecule is CCCC(CN)c1c(O)ccc(-c2ccccc2OCC)c1NCC. The van der Waals surface area contributed by atoms with Crippen LogP contribution in [0.3, 0.4) is 0 Å². The van der Waals surface area contributed by atoms with Gasteiger partial charge in [-0.15, -0.1) is 0 Å². The predicted molar refractivity (Wildman–Crippen MR) is 106 cm³/mol. The zero-order valence-electron chi connectivity index (χ0n) is 15.5. The van der Waals surface area contributed by atoms with Crippen LogP contribution in [0.25, 0.3) is 11.1 Å². The summed E-state index contributed by atoms with van der Waals surface area (Å²) in [5.74, 6) is 1.27. The second-order valence-electron chi connectivity index (χ2n) is 6.10. The van der Waals surface area contributed by atoms with Gasteiger partial charge in [0.05, 0.1) is 6.61 Å². The van der Waals surface area contributed by atoms with Gasteiger partial charge in [-0.3, -0.25) is 0 Å². The Bertz CT molecular complexity index is 686. The fourth-order valence-corrected chi connectivity index (χ4v) is 3.31. The Hall–Kier alpha value is -2.20. The molecule has 0 spiro atoms. The van der Waals surface area contributed by atoms with E-state index < -0.39 is 0 Å². The summed E-state index contributed by atoms with van der Waals surface area (Å²) in [4.78, 5) is 0. The minimum absolute atomic E-state index is 0.123. The largest absolute Gasteiger partial charge is 0.508 e. The average Bonchev–Trinajstić information content (AvgIpc) is 2.62. The fraction of sp³-hybridized carbons (Fsp3) is 0.429. The highest BCUT2D eigenvalue weighted by Gasteiger charge is 2.22. The number of para-hydroxylation sites is 1. The van der Waals surface area contributed by atoms with E-state index in [2.05, 4.69) is 25.2 Å². The first kappa shape index (κ1) is 19.1. The number of aromatic hydroxyl groups is 1. The monoisotopic (exact) mass is 342 g/mol. The first-order valence-electron chi connectivity index (χ1n) is 9.19. The van der Waals surface area contributed by atoms with Crippen LogP contribution >= 0.6 is 0 Å². The van der Waals surface area contributed by atoms with Gasteiger partial charge in [-0.05, 0) is 45.0 Å². The standard InChI is InChI=1S/C21H30N2O2/c1-4-9-15(14-22)20-18(24)13-12-17(21(20)23-5-2)16-10-7-8-11-19(16)25-6-3/h7-8,10-13,15,23-24H,4-6,9,14,22H2,1-3H3. The van der Waals surface area contributed by atoms with Crippen molar-refractivity contribution in [2.24, 2.45) is 5.73 Å². The number of phenols is 1. The van der Waals surface area contributed by atoms with Crippen molar-refractivity contribution in [2.75, 3.05) is 25.0 Å². The van der Waals surface area contributed by atoms with E-state index >= 15 is 0 Å². The Morgan fingerprint density at radius 3 is 2.48 bits per heavy atom. The van der Waals surface area contributed by atoms with Crippen LogP contribution in [-0.2, 0) is 0 Å². The summed E-state index contributed by atoms with van der Waals surface area (Å²) in [5.41, 5.74) is 9.95. The molecule has 0 aromatic heterocycles. The molecule has 0 radical (unpaired) electrons. The van der Waals surface area contributed by atoms with E-state index in [1.807, 2.05) is 31.2 Å². The van der Waals surface area contributed by atoms with Crippen molar-refractivity contribution in [1.29, 1.82) is 0 Å². The summed E-state index contributed by atoms with van der Waals surface area (Å²) in [6.45, 7) is 8.07. The average molecular weight is 342 g/mol. The van der Waals surface area contributed by atoms with Gasteiger partial charge in [-0.2, -0.15) is 0 Å². The quantitative estimate of drug-likeness (QED) is 0.616. The number of hydrogen-bond donors (Lipinski definition) is 3. The maximum absolute atomic E-state index is 10.6. The van der Waals surface area contributed by atoms with Crippen LogP contribution in [0.2, 0.25) is 0 Å². The lowest BCUT2D eigenvalue weighted by Crippen LogP contribution is -2.15. The molecule has 0 aliphatic carbocycles. The number of hydrogen-bond acceptors (Lipinski definition) is 4. The Kier molecular flexibility index (Phi) is 7.14. The van der Waals surface area contributed by atoms with Crippen molar-refractivity contribution in [1.82, 2.24) is 0 Å². The third-order valence-electron chi connectivity index (χ3n) is 4.38. The van der Waals surface area contributed by atoms with Crippen molar-refractivity contribution in [3.63, 3.8) is 0 Å². The number of anilines is 1. The normalized spacial score (nSPS) is 12.0. The summed E-state index contributed by atoms with van der Waals surface area (Å²) < 4.78 is 5.81. The van der Waals surface area contributed by atoms with Crippen molar-refractivity contribution >= 4 is 5.69 Å². The lowest BCUT2D eigenvalue weighted by molar-refractivity contribution is 0.341. The topological polar surface area (TPSA) is 67.5 Å². The molecule has 0 aliphatic rings. The van der Waals surface area contributed by atoms with Gasteiger partial charge < -0.3 is 20.9 Å². The van der Waals surface area contributed by atoms with E-state index in [0.29, 0.717) is 18.9 Å². The Balaban J connectivity index is 2.67. The first-order chi connectivity index (χ1) is 12.2. The molecule has 2 aromatic rings. The van der Waals surface area contributed by atoms with Crippen LogP contribution in [-0.4, -0.2) is 24.8 Å². The number of phenolic OH excluding ortho intramolecular Hbond substituents is 1. The van der Waals surface area contributed by atoms with E-state index in [4.69, 9.17) is 10.5 Å². The van der Waals surface area contributed by atoms with Gasteiger partial charge in [0, 0.05) is 34.8 Å². The second kappa shape index (κ2) is 9.33. The van der Waals surface area contributed by atoms with Crippen molar-refractivity contribution < 1.29 is 9.84 Å². The highest BCUT2D eigenvalue weighted by molar-refractivity contribution is 5.85. The molecule has 4 nitrogen and oxygen atoms in total. The number of nitrogens with two attached hydrogens (primary N) is 1. The molecule has 1 atom stereocenters. The minimum Gasteiger partial charge on any atom is -0.508 e. The maximum Gasteiger partial charge on any atom is 0.127 e. The van der Waals surface area contributed by atoms with Crippen LogP contribution in [0.1, 0.15) is 45.1 Å². The van der Waals surface area contributed by atoms with E-state index in [1.54, 1.807) is 6.07 Å². The lowest BCUT2D eigenvalue weighted by atomic mass is 9.88. The summed E-state index contributed by atoms with van der Waals surface area (Å²) in [6, 6.07) is 11.7. The van der Waals surface area contributed by atoms with Crippen LogP contribution in [0.5, 0.6) is 11.5 Å². The van der Waals surface area contributed by atoms with Crippen LogP contribution in [0.4, 0.5) is 5.69 Å². The second-order valence-corrected chi connectivity index (χ2v) is 6.10. The van der Waals surface area contributed by atoms with E-state index in [1.165, 1.54) is 0 Å². The molecule has 0 aliphatic heterocycles. The highest BCUT2D eigenvalue weighted by atomic mass is 16.5. The molecule has 4 N–H and O–H groups in total. The molecule has 0 saturated heterocycles. The van der Waals surface area contributed by atoms with E-state index in [9.17, 15) is 5.11 Å². The van der Waals surface area contributed by atoms with Gasteiger partial charge in [0.25, 0.3) is 0 Å². The zero-order chi connectivity index (χ0) is 18.2.